The molecule has 8 heteroatoms. The standard InChI is InChI=1S/C22H33N5OS2/c1-3-23-22(25-12-7-11-24-21(28)19-10-6-15-30-19)26-16-17-8-4-13-27(2)20(17)18-9-5-14-29-18/h5-6,9-10,14-15,17,20H,3-4,7-8,11-13,16H2,1-2H3,(H,24,28)(H2,23,25,26). The van der Waals surface area contributed by atoms with E-state index in [1.54, 1.807) is 0 Å². The Hall–Kier alpha value is -1.90. The molecule has 164 valence electrons. The number of aliphatic imine (C=N–C) groups is 1. The molecule has 0 radical (unpaired) electrons. The van der Waals surface area contributed by atoms with Gasteiger partial charge in [-0.3, -0.25) is 14.7 Å². The van der Waals surface area contributed by atoms with Crippen molar-refractivity contribution >= 4 is 34.5 Å². The lowest BCUT2D eigenvalue weighted by molar-refractivity contribution is 0.0957. The topological polar surface area (TPSA) is 68.8 Å². The Balaban J connectivity index is 1.46. The number of thiophene rings is 2. The summed E-state index contributed by atoms with van der Waals surface area (Å²) in [5.74, 6) is 1.40. The molecule has 0 aromatic carbocycles. The molecule has 0 bridgehead atoms. The molecular weight excluding hydrogens is 414 g/mol. The van der Waals surface area contributed by atoms with Crippen LogP contribution < -0.4 is 16.0 Å². The lowest BCUT2D eigenvalue weighted by Gasteiger charge is -2.38. The first-order valence-corrected chi connectivity index (χ1v) is 12.5. The highest BCUT2D eigenvalue weighted by atomic mass is 32.1. The molecule has 1 saturated heterocycles. The minimum Gasteiger partial charge on any atom is -0.357 e. The second-order valence-electron chi connectivity index (χ2n) is 7.58. The summed E-state index contributed by atoms with van der Waals surface area (Å²) in [4.78, 5) is 21.5. The van der Waals surface area contributed by atoms with E-state index in [4.69, 9.17) is 4.99 Å². The van der Waals surface area contributed by atoms with E-state index in [-0.39, 0.29) is 5.91 Å². The molecule has 6 nitrogen and oxygen atoms in total. The zero-order valence-corrected chi connectivity index (χ0v) is 19.5. The maximum Gasteiger partial charge on any atom is 0.261 e. The van der Waals surface area contributed by atoms with Gasteiger partial charge in [-0.05, 0) is 68.6 Å². The van der Waals surface area contributed by atoms with Gasteiger partial charge in [0.25, 0.3) is 5.91 Å². The Labute approximate surface area is 187 Å². The number of hydrogen-bond donors (Lipinski definition) is 3. The minimum absolute atomic E-state index is 0.00612. The summed E-state index contributed by atoms with van der Waals surface area (Å²) >= 11 is 3.31. The van der Waals surface area contributed by atoms with Crippen LogP contribution in [0.3, 0.4) is 0 Å². The average Bonchev–Trinajstić information content (AvgIpc) is 3.45. The van der Waals surface area contributed by atoms with Crippen LogP contribution in [0.2, 0.25) is 0 Å². The highest BCUT2D eigenvalue weighted by Gasteiger charge is 2.31. The molecule has 1 aliphatic rings. The highest BCUT2D eigenvalue weighted by Crippen LogP contribution is 2.37. The van der Waals surface area contributed by atoms with Gasteiger partial charge in [0.1, 0.15) is 0 Å². The van der Waals surface area contributed by atoms with E-state index in [0.717, 1.165) is 43.4 Å². The highest BCUT2D eigenvalue weighted by molar-refractivity contribution is 7.12. The number of carbonyl (C=O) groups excluding carboxylic acids is 1. The van der Waals surface area contributed by atoms with Crippen molar-refractivity contribution in [3.05, 3.63) is 44.8 Å². The van der Waals surface area contributed by atoms with Crippen molar-refractivity contribution in [3.63, 3.8) is 0 Å². The van der Waals surface area contributed by atoms with Gasteiger partial charge in [0.05, 0.1) is 4.88 Å². The molecule has 1 amide bonds. The van der Waals surface area contributed by atoms with Crippen LogP contribution in [0.25, 0.3) is 0 Å². The Morgan fingerprint density at radius 3 is 2.70 bits per heavy atom. The van der Waals surface area contributed by atoms with Crippen molar-refractivity contribution in [2.45, 2.75) is 32.2 Å². The number of amides is 1. The third kappa shape index (κ3) is 6.55. The van der Waals surface area contributed by atoms with Crippen molar-refractivity contribution in [1.29, 1.82) is 0 Å². The first-order valence-electron chi connectivity index (χ1n) is 10.8. The lowest BCUT2D eigenvalue weighted by Crippen LogP contribution is -2.40. The molecular formula is C22H33N5OS2. The predicted molar refractivity (Wildman–Crippen MR) is 128 cm³/mol. The van der Waals surface area contributed by atoms with Crippen molar-refractivity contribution in [1.82, 2.24) is 20.9 Å². The minimum atomic E-state index is 0.00612. The Bertz CT molecular complexity index is 776. The fourth-order valence-electron chi connectivity index (χ4n) is 3.90. The Morgan fingerprint density at radius 1 is 1.17 bits per heavy atom. The molecule has 1 aliphatic heterocycles. The fourth-order valence-corrected chi connectivity index (χ4v) is 5.53. The van der Waals surface area contributed by atoms with Crippen molar-refractivity contribution in [2.24, 2.45) is 10.9 Å². The summed E-state index contributed by atoms with van der Waals surface area (Å²) in [5.41, 5.74) is 0. The molecule has 30 heavy (non-hydrogen) atoms. The first kappa shape index (κ1) is 22.8. The number of piperidine rings is 1. The summed E-state index contributed by atoms with van der Waals surface area (Å²) < 4.78 is 0. The molecule has 0 spiro atoms. The van der Waals surface area contributed by atoms with Crippen LogP contribution in [0.5, 0.6) is 0 Å². The monoisotopic (exact) mass is 447 g/mol. The smallest absolute Gasteiger partial charge is 0.261 e. The van der Waals surface area contributed by atoms with Crippen molar-refractivity contribution < 1.29 is 4.79 Å². The van der Waals surface area contributed by atoms with Crippen LogP contribution in [0, 0.1) is 5.92 Å². The van der Waals surface area contributed by atoms with E-state index < -0.39 is 0 Å². The SMILES string of the molecule is CCNC(=NCC1CCCN(C)C1c1cccs1)NCCCNC(=O)c1cccs1. The average molecular weight is 448 g/mol. The maximum absolute atomic E-state index is 12.0. The van der Waals surface area contributed by atoms with Crippen LogP contribution in [0.4, 0.5) is 0 Å². The second-order valence-corrected chi connectivity index (χ2v) is 9.50. The predicted octanol–water partition coefficient (Wildman–Crippen LogP) is 3.57. The largest absolute Gasteiger partial charge is 0.357 e. The maximum atomic E-state index is 12.0. The fraction of sp³-hybridized carbons (Fsp3) is 0.545. The van der Waals surface area contributed by atoms with E-state index in [2.05, 4.69) is 52.3 Å². The zero-order valence-electron chi connectivity index (χ0n) is 17.9. The second kappa shape index (κ2) is 12.1. The van der Waals surface area contributed by atoms with Gasteiger partial charge >= 0.3 is 0 Å². The van der Waals surface area contributed by atoms with E-state index in [1.807, 2.05) is 28.8 Å². The van der Waals surface area contributed by atoms with E-state index in [1.165, 1.54) is 29.1 Å². The first-order chi connectivity index (χ1) is 14.7. The number of nitrogens with one attached hydrogen (secondary N) is 3. The van der Waals surface area contributed by atoms with Crippen LogP contribution in [0.1, 0.15) is 46.8 Å². The summed E-state index contributed by atoms with van der Waals surface area (Å²) in [7, 11) is 2.23. The number of guanidine groups is 1. The molecule has 2 atom stereocenters. The number of likely N-dealkylation sites (tertiary alicyclic amines) is 1. The van der Waals surface area contributed by atoms with Gasteiger partial charge in [-0.25, -0.2) is 0 Å². The summed E-state index contributed by atoms with van der Waals surface area (Å²) in [5, 5.41) is 13.8. The molecule has 3 N–H and O–H groups in total. The Morgan fingerprint density at radius 2 is 1.97 bits per heavy atom. The van der Waals surface area contributed by atoms with E-state index in [0.29, 0.717) is 18.5 Å². The van der Waals surface area contributed by atoms with E-state index in [9.17, 15) is 4.79 Å². The Kier molecular flexibility index (Phi) is 9.17. The van der Waals surface area contributed by atoms with Gasteiger partial charge in [0.2, 0.25) is 0 Å². The van der Waals surface area contributed by atoms with Crippen LogP contribution in [-0.4, -0.2) is 56.5 Å². The molecule has 2 aromatic heterocycles. The van der Waals surface area contributed by atoms with Crippen LogP contribution in [-0.2, 0) is 0 Å². The molecule has 0 aliphatic carbocycles. The summed E-state index contributed by atoms with van der Waals surface area (Å²) in [6.45, 7) is 6.31. The number of carbonyl (C=O) groups is 1. The summed E-state index contributed by atoms with van der Waals surface area (Å²) in [6.07, 6.45) is 3.29. The van der Waals surface area contributed by atoms with Gasteiger partial charge in [-0.15, -0.1) is 22.7 Å². The third-order valence-corrected chi connectivity index (χ3v) is 7.16. The van der Waals surface area contributed by atoms with Gasteiger partial charge in [-0.1, -0.05) is 12.1 Å². The molecule has 0 saturated carbocycles. The summed E-state index contributed by atoms with van der Waals surface area (Å²) in [6, 6.07) is 8.60. The zero-order chi connectivity index (χ0) is 21.2. The normalized spacial score (nSPS) is 20.1. The van der Waals surface area contributed by atoms with Crippen LogP contribution in [0.15, 0.2) is 40.0 Å². The van der Waals surface area contributed by atoms with Gasteiger partial charge in [0.15, 0.2) is 5.96 Å². The molecule has 1 fully saturated rings. The van der Waals surface area contributed by atoms with Gasteiger partial charge in [0, 0.05) is 37.1 Å². The molecule has 2 unspecified atom stereocenters. The van der Waals surface area contributed by atoms with Crippen molar-refractivity contribution in [3.8, 4) is 0 Å². The molecule has 3 heterocycles. The number of nitrogens with zero attached hydrogens (tertiary/aromatic N) is 2. The third-order valence-electron chi connectivity index (χ3n) is 5.35. The quantitative estimate of drug-likeness (QED) is 0.312. The van der Waals surface area contributed by atoms with Crippen LogP contribution >= 0.6 is 22.7 Å². The number of hydrogen-bond acceptors (Lipinski definition) is 5. The number of rotatable bonds is 9. The lowest BCUT2D eigenvalue weighted by atomic mass is 9.88. The van der Waals surface area contributed by atoms with E-state index >= 15 is 0 Å². The molecule has 2 aromatic rings. The van der Waals surface area contributed by atoms with Crippen molar-refractivity contribution in [2.75, 3.05) is 39.8 Å². The van der Waals surface area contributed by atoms with Gasteiger partial charge < -0.3 is 16.0 Å². The molecule has 3 rings (SSSR count). The van der Waals surface area contributed by atoms with Gasteiger partial charge in [-0.2, -0.15) is 0 Å².